The highest BCUT2D eigenvalue weighted by Crippen LogP contribution is 2.34. The lowest BCUT2D eigenvalue weighted by atomic mass is 10.0. The van der Waals surface area contributed by atoms with Gasteiger partial charge in [0.05, 0.1) is 23.0 Å². The lowest BCUT2D eigenvalue weighted by Crippen LogP contribution is -2.49. The summed E-state index contributed by atoms with van der Waals surface area (Å²) >= 11 is 7.71. The first-order valence-corrected chi connectivity index (χ1v) is 8.31. The van der Waals surface area contributed by atoms with Crippen molar-refractivity contribution in [1.82, 2.24) is 9.97 Å². The third-order valence-corrected chi connectivity index (χ3v) is 5.00. The van der Waals surface area contributed by atoms with E-state index in [0.717, 1.165) is 45.8 Å². The molecular weight excluding hydrogens is 318 g/mol. The molecule has 0 amide bonds. The molecule has 4 nitrogen and oxygen atoms in total. The van der Waals surface area contributed by atoms with E-state index in [1.807, 2.05) is 30.3 Å². The molecular formula is C16H14ClN3OS. The van der Waals surface area contributed by atoms with Crippen molar-refractivity contribution in [2.75, 3.05) is 24.6 Å². The summed E-state index contributed by atoms with van der Waals surface area (Å²) in [7, 11) is 0. The van der Waals surface area contributed by atoms with Crippen molar-refractivity contribution in [3.63, 3.8) is 0 Å². The third-order valence-electron chi connectivity index (χ3n) is 3.69. The maximum Gasteiger partial charge on any atom is 0.186 e. The molecule has 3 heterocycles. The number of hydrogen-bond acceptors (Lipinski definition) is 5. The van der Waals surface area contributed by atoms with Gasteiger partial charge in [-0.25, -0.2) is 4.98 Å². The molecule has 0 bridgehead atoms. The van der Waals surface area contributed by atoms with Gasteiger partial charge in [0.25, 0.3) is 0 Å². The molecule has 1 aliphatic heterocycles. The van der Waals surface area contributed by atoms with Crippen LogP contribution >= 0.6 is 22.9 Å². The Hall–Kier alpha value is -1.85. The van der Waals surface area contributed by atoms with E-state index in [1.165, 1.54) is 0 Å². The van der Waals surface area contributed by atoms with Crippen LogP contribution in [0.1, 0.15) is 0 Å². The summed E-state index contributed by atoms with van der Waals surface area (Å²) in [5.74, 6) is 1.37. The van der Waals surface area contributed by atoms with Gasteiger partial charge >= 0.3 is 0 Å². The van der Waals surface area contributed by atoms with Gasteiger partial charge in [-0.2, -0.15) is 0 Å². The van der Waals surface area contributed by atoms with Crippen LogP contribution < -0.4 is 9.64 Å². The Morgan fingerprint density at radius 2 is 2.23 bits per heavy atom. The first kappa shape index (κ1) is 13.8. The molecule has 112 valence electrons. The van der Waals surface area contributed by atoms with Gasteiger partial charge in [0.15, 0.2) is 5.13 Å². The van der Waals surface area contributed by atoms with Crippen LogP contribution in [0.4, 0.5) is 5.13 Å². The molecule has 1 fully saturated rings. The molecule has 22 heavy (non-hydrogen) atoms. The number of nitrogens with zero attached hydrogens (tertiary/aromatic N) is 3. The topological polar surface area (TPSA) is 38.2 Å². The number of anilines is 1. The van der Waals surface area contributed by atoms with Gasteiger partial charge in [-0.3, -0.25) is 4.98 Å². The van der Waals surface area contributed by atoms with E-state index in [4.69, 9.17) is 16.3 Å². The maximum absolute atomic E-state index is 6.02. The maximum atomic E-state index is 6.02. The average Bonchev–Trinajstić information content (AvgIpc) is 2.89. The molecule has 0 spiro atoms. The van der Waals surface area contributed by atoms with Crippen molar-refractivity contribution in [2.24, 2.45) is 5.92 Å². The Morgan fingerprint density at radius 3 is 3.05 bits per heavy atom. The molecule has 0 aliphatic carbocycles. The zero-order valence-electron chi connectivity index (χ0n) is 11.8. The summed E-state index contributed by atoms with van der Waals surface area (Å²) in [4.78, 5) is 11.0. The number of fused-ring (bicyclic) bond motifs is 1. The fraction of sp³-hybridized carbons (Fsp3) is 0.250. The summed E-state index contributed by atoms with van der Waals surface area (Å²) in [6.45, 7) is 2.68. The van der Waals surface area contributed by atoms with Gasteiger partial charge in [0.1, 0.15) is 5.75 Å². The van der Waals surface area contributed by atoms with Crippen LogP contribution in [0.5, 0.6) is 5.75 Å². The molecule has 0 atom stereocenters. The zero-order valence-corrected chi connectivity index (χ0v) is 13.3. The number of benzene rings is 1. The minimum atomic E-state index is 0.538. The lowest BCUT2D eigenvalue weighted by Gasteiger charge is -2.38. The second-order valence-electron chi connectivity index (χ2n) is 5.38. The summed E-state index contributed by atoms with van der Waals surface area (Å²) < 4.78 is 6.88. The van der Waals surface area contributed by atoms with Gasteiger partial charge in [-0.15, -0.1) is 0 Å². The molecule has 0 unspecified atom stereocenters. The van der Waals surface area contributed by atoms with E-state index < -0.39 is 0 Å². The van der Waals surface area contributed by atoms with E-state index in [0.29, 0.717) is 5.92 Å². The fourth-order valence-corrected chi connectivity index (χ4v) is 3.76. The van der Waals surface area contributed by atoms with E-state index in [9.17, 15) is 0 Å². The van der Waals surface area contributed by atoms with Crippen molar-refractivity contribution in [1.29, 1.82) is 0 Å². The van der Waals surface area contributed by atoms with Crippen molar-refractivity contribution in [3.05, 3.63) is 47.7 Å². The van der Waals surface area contributed by atoms with E-state index in [1.54, 1.807) is 23.7 Å². The Labute approximate surface area is 137 Å². The predicted molar refractivity (Wildman–Crippen MR) is 90.1 cm³/mol. The highest BCUT2D eigenvalue weighted by Gasteiger charge is 2.29. The second-order valence-corrected chi connectivity index (χ2v) is 6.82. The van der Waals surface area contributed by atoms with Gasteiger partial charge < -0.3 is 9.64 Å². The lowest BCUT2D eigenvalue weighted by molar-refractivity contribution is 0.220. The molecule has 1 aliphatic rings. The van der Waals surface area contributed by atoms with Gasteiger partial charge in [-0.05, 0) is 30.3 Å². The van der Waals surface area contributed by atoms with Crippen molar-refractivity contribution < 1.29 is 4.74 Å². The van der Waals surface area contributed by atoms with E-state index in [2.05, 4.69) is 14.9 Å². The van der Waals surface area contributed by atoms with Crippen LogP contribution in [0.3, 0.4) is 0 Å². The third kappa shape index (κ3) is 2.74. The van der Waals surface area contributed by atoms with Crippen LogP contribution in [0, 0.1) is 5.92 Å². The largest absolute Gasteiger partial charge is 0.492 e. The quantitative estimate of drug-likeness (QED) is 0.727. The Morgan fingerprint density at radius 1 is 1.32 bits per heavy atom. The predicted octanol–water partition coefficient (Wildman–Crippen LogP) is 3.86. The van der Waals surface area contributed by atoms with Crippen LogP contribution in [0.15, 0.2) is 42.7 Å². The molecule has 6 heteroatoms. The molecule has 0 N–H and O–H groups in total. The summed E-state index contributed by atoms with van der Waals surface area (Å²) in [6, 6.07) is 9.64. The first-order valence-electron chi connectivity index (χ1n) is 7.12. The molecule has 3 aromatic rings. The van der Waals surface area contributed by atoms with Crippen LogP contribution in [0.25, 0.3) is 10.2 Å². The highest BCUT2D eigenvalue weighted by molar-refractivity contribution is 7.22. The smallest absolute Gasteiger partial charge is 0.186 e. The minimum absolute atomic E-state index is 0.538. The monoisotopic (exact) mass is 331 g/mol. The van der Waals surface area contributed by atoms with Gasteiger partial charge in [0.2, 0.25) is 0 Å². The molecule has 4 rings (SSSR count). The zero-order chi connectivity index (χ0) is 14.9. The SMILES string of the molecule is Clc1ccc2nc(N3CC(COc4cccnc4)C3)sc2c1. The standard InChI is InChI=1S/C16H14ClN3OS/c17-12-3-4-14-15(6-12)22-16(19-14)20-8-11(9-20)10-21-13-2-1-5-18-7-13/h1-7,11H,8-10H2. The van der Waals surface area contributed by atoms with Crippen LogP contribution in [0.2, 0.25) is 5.02 Å². The Balaban J connectivity index is 1.36. The van der Waals surface area contributed by atoms with Crippen molar-refractivity contribution >= 4 is 38.3 Å². The summed E-state index contributed by atoms with van der Waals surface area (Å²) in [6.07, 6.45) is 3.49. The Kier molecular flexibility index (Phi) is 3.60. The first-order chi connectivity index (χ1) is 10.8. The van der Waals surface area contributed by atoms with E-state index >= 15 is 0 Å². The number of thiazole rings is 1. The normalized spacial score (nSPS) is 15.0. The Bertz CT molecular complexity index is 786. The van der Waals surface area contributed by atoms with Gasteiger partial charge in [0, 0.05) is 30.2 Å². The van der Waals surface area contributed by atoms with Crippen LogP contribution in [-0.2, 0) is 0 Å². The number of pyridine rings is 1. The number of rotatable bonds is 4. The highest BCUT2D eigenvalue weighted by atomic mass is 35.5. The average molecular weight is 332 g/mol. The number of halogens is 1. The molecule has 0 radical (unpaired) electrons. The van der Waals surface area contributed by atoms with Crippen molar-refractivity contribution in [2.45, 2.75) is 0 Å². The summed E-state index contributed by atoms with van der Waals surface area (Å²) in [5.41, 5.74) is 1.01. The van der Waals surface area contributed by atoms with Crippen LogP contribution in [-0.4, -0.2) is 29.7 Å². The fourth-order valence-electron chi connectivity index (χ4n) is 2.50. The number of ether oxygens (including phenoxy) is 1. The minimum Gasteiger partial charge on any atom is -0.492 e. The van der Waals surface area contributed by atoms with Gasteiger partial charge in [-0.1, -0.05) is 22.9 Å². The van der Waals surface area contributed by atoms with Crippen molar-refractivity contribution in [3.8, 4) is 5.75 Å². The van der Waals surface area contributed by atoms with E-state index in [-0.39, 0.29) is 0 Å². The molecule has 2 aromatic heterocycles. The number of aromatic nitrogens is 2. The summed E-state index contributed by atoms with van der Waals surface area (Å²) in [5, 5.41) is 1.82. The second kappa shape index (κ2) is 5.74. The molecule has 1 aromatic carbocycles. The number of hydrogen-bond donors (Lipinski definition) is 0. The molecule has 0 saturated carbocycles. The molecule has 1 saturated heterocycles.